The van der Waals surface area contributed by atoms with Crippen LogP contribution < -0.4 is 4.74 Å². The predicted octanol–water partition coefficient (Wildman–Crippen LogP) is 4.05. The van der Waals surface area contributed by atoms with Crippen molar-refractivity contribution < 1.29 is 14.3 Å². The predicted molar refractivity (Wildman–Crippen MR) is 88.8 cm³/mol. The van der Waals surface area contributed by atoms with E-state index < -0.39 is 0 Å². The van der Waals surface area contributed by atoms with E-state index in [0.717, 1.165) is 29.5 Å². The average molecular weight is 308 g/mol. The van der Waals surface area contributed by atoms with E-state index in [1.54, 1.807) is 6.07 Å². The quantitative estimate of drug-likeness (QED) is 0.632. The number of fused-ring (bicyclic) bond motifs is 1. The molecule has 0 saturated carbocycles. The molecule has 1 aliphatic rings. The van der Waals surface area contributed by atoms with Crippen LogP contribution in [-0.2, 0) is 17.6 Å². The van der Waals surface area contributed by atoms with E-state index in [2.05, 4.69) is 0 Å². The summed E-state index contributed by atoms with van der Waals surface area (Å²) in [5.74, 6) is 0.215. The molecule has 0 heterocycles. The summed E-state index contributed by atoms with van der Waals surface area (Å²) in [6, 6.07) is 13.5. The first kappa shape index (κ1) is 15.5. The molecule has 118 valence electrons. The van der Waals surface area contributed by atoms with Gasteiger partial charge in [0, 0.05) is 12.8 Å². The molecule has 0 atom stereocenters. The Morgan fingerprint density at radius 2 is 1.87 bits per heavy atom. The molecule has 23 heavy (non-hydrogen) atoms. The average Bonchev–Trinajstić information content (AvgIpc) is 2.57. The topological polar surface area (TPSA) is 43.4 Å². The van der Waals surface area contributed by atoms with Gasteiger partial charge < -0.3 is 4.74 Å². The largest absolute Gasteiger partial charge is 0.426 e. The minimum atomic E-state index is -0.293. The van der Waals surface area contributed by atoms with Gasteiger partial charge in [-0.2, -0.15) is 0 Å². The number of hydrogen-bond donors (Lipinski definition) is 0. The fourth-order valence-electron chi connectivity index (χ4n) is 3.06. The molecule has 0 saturated heterocycles. The maximum absolute atomic E-state index is 12.2. The molecule has 0 amide bonds. The molecular formula is C20H20O3. The normalized spacial score (nSPS) is 13.5. The maximum Gasteiger partial charge on any atom is 0.311 e. The van der Waals surface area contributed by atoms with E-state index in [9.17, 15) is 9.59 Å². The molecule has 0 bridgehead atoms. The number of rotatable bonds is 4. The summed E-state index contributed by atoms with van der Waals surface area (Å²) in [4.78, 5) is 24.4. The van der Waals surface area contributed by atoms with Crippen molar-refractivity contribution >= 4 is 11.8 Å². The number of ether oxygens (including phenoxy) is 1. The van der Waals surface area contributed by atoms with Crippen LogP contribution in [-0.4, -0.2) is 11.8 Å². The van der Waals surface area contributed by atoms with E-state index in [1.165, 1.54) is 0 Å². The number of carbonyl (C=O) groups excluding carboxylic acids is 2. The summed E-state index contributed by atoms with van der Waals surface area (Å²) in [6.07, 6.45) is 3.23. The van der Waals surface area contributed by atoms with Crippen LogP contribution in [0.3, 0.4) is 0 Å². The standard InChI is InChI=1S/C20H20O3/c1-14-10-12-18(20-16(14)8-5-9-17(20)21)23-19(22)13-11-15-6-3-2-4-7-15/h2-4,6-7,10,12H,5,8-9,11,13H2,1H3. The van der Waals surface area contributed by atoms with E-state index in [-0.39, 0.29) is 11.8 Å². The lowest BCUT2D eigenvalue weighted by Crippen LogP contribution is -2.17. The Hall–Kier alpha value is -2.42. The molecule has 0 unspecified atom stereocenters. The Balaban J connectivity index is 1.73. The van der Waals surface area contributed by atoms with Gasteiger partial charge in [-0.3, -0.25) is 9.59 Å². The van der Waals surface area contributed by atoms with Gasteiger partial charge in [0.2, 0.25) is 0 Å². The van der Waals surface area contributed by atoms with Crippen LogP contribution in [0, 0.1) is 6.92 Å². The zero-order valence-electron chi connectivity index (χ0n) is 13.3. The lowest BCUT2D eigenvalue weighted by Gasteiger charge is -2.20. The van der Waals surface area contributed by atoms with Gasteiger partial charge in [-0.25, -0.2) is 0 Å². The maximum atomic E-state index is 12.2. The van der Waals surface area contributed by atoms with Crippen molar-refractivity contribution in [2.45, 2.75) is 39.0 Å². The Bertz CT molecular complexity index is 732. The van der Waals surface area contributed by atoms with Gasteiger partial charge in [-0.1, -0.05) is 36.4 Å². The number of hydrogen-bond acceptors (Lipinski definition) is 3. The minimum absolute atomic E-state index is 0.0841. The second-order valence-electron chi connectivity index (χ2n) is 5.97. The van der Waals surface area contributed by atoms with Gasteiger partial charge in [-0.15, -0.1) is 0 Å². The summed E-state index contributed by atoms with van der Waals surface area (Å²) in [5.41, 5.74) is 3.85. The number of ketones is 1. The van der Waals surface area contributed by atoms with Crippen molar-refractivity contribution in [2.24, 2.45) is 0 Å². The van der Waals surface area contributed by atoms with Crippen molar-refractivity contribution in [3.8, 4) is 5.75 Å². The molecule has 2 aromatic rings. The van der Waals surface area contributed by atoms with Crippen molar-refractivity contribution in [3.05, 3.63) is 64.7 Å². The first-order valence-electron chi connectivity index (χ1n) is 8.05. The zero-order valence-corrected chi connectivity index (χ0v) is 13.3. The second kappa shape index (κ2) is 6.78. The molecule has 0 aromatic heterocycles. The highest BCUT2D eigenvalue weighted by Crippen LogP contribution is 2.32. The van der Waals surface area contributed by atoms with Crippen LogP contribution in [0.15, 0.2) is 42.5 Å². The monoisotopic (exact) mass is 308 g/mol. The highest BCUT2D eigenvalue weighted by atomic mass is 16.5. The molecule has 0 aliphatic heterocycles. The number of benzene rings is 2. The zero-order chi connectivity index (χ0) is 16.2. The van der Waals surface area contributed by atoms with Crippen LogP contribution in [0.25, 0.3) is 0 Å². The van der Waals surface area contributed by atoms with Crippen LogP contribution in [0.5, 0.6) is 5.75 Å². The van der Waals surface area contributed by atoms with Gasteiger partial charge in [0.25, 0.3) is 0 Å². The molecule has 0 spiro atoms. The second-order valence-corrected chi connectivity index (χ2v) is 5.97. The van der Waals surface area contributed by atoms with Gasteiger partial charge in [0.1, 0.15) is 5.75 Å². The van der Waals surface area contributed by atoms with Crippen LogP contribution in [0.1, 0.15) is 46.3 Å². The Kier molecular flexibility index (Phi) is 4.56. The molecule has 3 heteroatoms. The molecule has 0 N–H and O–H groups in total. The first-order valence-corrected chi connectivity index (χ1v) is 8.05. The molecular weight excluding hydrogens is 288 g/mol. The Morgan fingerprint density at radius 3 is 2.65 bits per heavy atom. The highest BCUT2D eigenvalue weighted by molar-refractivity contribution is 6.02. The minimum Gasteiger partial charge on any atom is -0.426 e. The summed E-state index contributed by atoms with van der Waals surface area (Å²) in [5, 5.41) is 0. The molecule has 3 rings (SSSR count). The fourth-order valence-corrected chi connectivity index (χ4v) is 3.06. The third-order valence-corrected chi connectivity index (χ3v) is 4.30. The SMILES string of the molecule is Cc1ccc(OC(=O)CCc2ccccc2)c2c1CCCC2=O. The van der Waals surface area contributed by atoms with E-state index in [1.807, 2.05) is 43.3 Å². The molecule has 3 nitrogen and oxygen atoms in total. The van der Waals surface area contributed by atoms with E-state index >= 15 is 0 Å². The number of aryl methyl sites for hydroxylation is 2. The summed E-state index contributed by atoms with van der Waals surface area (Å²) < 4.78 is 5.50. The summed E-state index contributed by atoms with van der Waals surface area (Å²) in [7, 11) is 0. The van der Waals surface area contributed by atoms with Crippen LogP contribution in [0.2, 0.25) is 0 Å². The molecule has 0 fully saturated rings. The fraction of sp³-hybridized carbons (Fsp3) is 0.300. The first-order chi connectivity index (χ1) is 11.1. The molecule has 2 aromatic carbocycles. The highest BCUT2D eigenvalue weighted by Gasteiger charge is 2.24. The Labute approximate surface area is 136 Å². The van der Waals surface area contributed by atoms with Gasteiger partial charge >= 0.3 is 5.97 Å². The lowest BCUT2D eigenvalue weighted by atomic mass is 9.87. The number of carbonyl (C=O) groups is 2. The third kappa shape index (κ3) is 3.50. The van der Waals surface area contributed by atoms with E-state index in [4.69, 9.17) is 4.74 Å². The van der Waals surface area contributed by atoms with Crippen LogP contribution in [0.4, 0.5) is 0 Å². The number of Topliss-reactive ketones (excluding diaryl/α,β-unsaturated/α-hetero) is 1. The Morgan fingerprint density at radius 1 is 1.09 bits per heavy atom. The van der Waals surface area contributed by atoms with E-state index in [0.29, 0.717) is 30.6 Å². The van der Waals surface area contributed by atoms with Crippen molar-refractivity contribution in [1.29, 1.82) is 0 Å². The smallest absolute Gasteiger partial charge is 0.311 e. The van der Waals surface area contributed by atoms with Gasteiger partial charge in [0.15, 0.2) is 5.78 Å². The lowest BCUT2D eigenvalue weighted by molar-refractivity contribution is -0.134. The molecule has 0 radical (unpaired) electrons. The van der Waals surface area contributed by atoms with Crippen LogP contribution >= 0.6 is 0 Å². The van der Waals surface area contributed by atoms with Crippen molar-refractivity contribution in [1.82, 2.24) is 0 Å². The molecule has 1 aliphatic carbocycles. The summed E-state index contributed by atoms with van der Waals surface area (Å²) >= 11 is 0. The number of esters is 1. The summed E-state index contributed by atoms with van der Waals surface area (Å²) in [6.45, 7) is 2.00. The van der Waals surface area contributed by atoms with Crippen molar-refractivity contribution in [3.63, 3.8) is 0 Å². The van der Waals surface area contributed by atoms with Crippen molar-refractivity contribution in [2.75, 3.05) is 0 Å². The third-order valence-electron chi connectivity index (χ3n) is 4.30. The van der Waals surface area contributed by atoms with Gasteiger partial charge in [-0.05, 0) is 48.9 Å². The van der Waals surface area contributed by atoms with Gasteiger partial charge in [0.05, 0.1) is 5.56 Å².